The van der Waals surface area contributed by atoms with Crippen molar-refractivity contribution in [3.8, 4) is 11.3 Å². The molecule has 118 valence electrons. The van der Waals surface area contributed by atoms with E-state index in [0.29, 0.717) is 6.61 Å². The molecule has 1 saturated heterocycles. The Kier molecular flexibility index (Phi) is 4.91. The van der Waals surface area contributed by atoms with Crippen molar-refractivity contribution in [2.24, 2.45) is 5.41 Å². The number of hydrogen-bond donors (Lipinski definition) is 1. The van der Waals surface area contributed by atoms with Crippen molar-refractivity contribution in [3.63, 3.8) is 0 Å². The summed E-state index contributed by atoms with van der Waals surface area (Å²) in [4.78, 5) is 7.24. The molecule has 1 aliphatic rings. The number of piperidine rings is 1. The van der Waals surface area contributed by atoms with E-state index in [1.807, 2.05) is 6.07 Å². The zero-order valence-corrected chi connectivity index (χ0v) is 14.0. The largest absolute Gasteiger partial charge is 0.396 e. The molecule has 22 heavy (non-hydrogen) atoms. The standard InChI is InChI=1S/C18H24N2OS/c1-2-18(14-21)9-6-10-20(13-18)11-17-19-16(12-22-17)15-7-4-3-5-8-15/h3-5,7-8,12,21H,2,6,9-11,13-14H2,1H3/t18-/m1/s1. The molecule has 3 rings (SSSR count). The first-order valence-electron chi connectivity index (χ1n) is 8.08. The van der Waals surface area contributed by atoms with Gasteiger partial charge in [-0.25, -0.2) is 4.98 Å². The first-order chi connectivity index (χ1) is 10.7. The molecular formula is C18H24N2OS. The fourth-order valence-corrected chi connectivity index (χ4v) is 4.14. The molecule has 3 nitrogen and oxygen atoms in total. The third-order valence-electron chi connectivity index (χ3n) is 4.81. The molecule has 0 amide bonds. The number of likely N-dealkylation sites (tertiary alicyclic amines) is 1. The molecule has 0 bridgehead atoms. The molecule has 0 unspecified atom stereocenters. The average molecular weight is 316 g/mol. The first-order valence-corrected chi connectivity index (χ1v) is 8.96. The molecule has 1 atom stereocenters. The van der Waals surface area contributed by atoms with Crippen LogP contribution in [0.2, 0.25) is 0 Å². The normalized spacial score (nSPS) is 22.8. The summed E-state index contributed by atoms with van der Waals surface area (Å²) in [5.41, 5.74) is 2.35. The maximum absolute atomic E-state index is 9.74. The van der Waals surface area contributed by atoms with Gasteiger partial charge in [0.1, 0.15) is 5.01 Å². The molecule has 4 heteroatoms. The predicted molar refractivity (Wildman–Crippen MR) is 91.9 cm³/mol. The molecule has 1 N–H and O–H groups in total. The van der Waals surface area contributed by atoms with E-state index in [2.05, 4.69) is 41.5 Å². The van der Waals surface area contributed by atoms with Gasteiger partial charge in [0, 0.05) is 29.5 Å². The van der Waals surface area contributed by atoms with E-state index in [4.69, 9.17) is 4.98 Å². The minimum Gasteiger partial charge on any atom is -0.396 e. The molecule has 0 spiro atoms. The monoisotopic (exact) mass is 316 g/mol. The van der Waals surface area contributed by atoms with Crippen molar-refractivity contribution < 1.29 is 5.11 Å². The Morgan fingerprint density at radius 3 is 2.86 bits per heavy atom. The summed E-state index contributed by atoms with van der Waals surface area (Å²) in [7, 11) is 0. The van der Waals surface area contributed by atoms with Crippen molar-refractivity contribution >= 4 is 11.3 Å². The second-order valence-electron chi connectivity index (χ2n) is 6.32. The molecule has 0 radical (unpaired) electrons. The van der Waals surface area contributed by atoms with Gasteiger partial charge in [-0.1, -0.05) is 37.3 Å². The van der Waals surface area contributed by atoms with E-state index < -0.39 is 0 Å². The van der Waals surface area contributed by atoms with E-state index in [0.717, 1.165) is 38.2 Å². The zero-order valence-electron chi connectivity index (χ0n) is 13.2. The Bertz CT molecular complexity index is 592. The van der Waals surface area contributed by atoms with Crippen LogP contribution in [0.5, 0.6) is 0 Å². The maximum Gasteiger partial charge on any atom is 0.107 e. The van der Waals surface area contributed by atoms with Gasteiger partial charge in [0.05, 0.1) is 12.2 Å². The molecule has 1 fully saturated rings. The Labute approximate surface area is 136 Å². The molecule has 0 saturated carbocycles. The Balaban J connectivity index is 1.68. The van der Waals surface area contributed by atoms with Gasteiger partial charge in [0.2, 0.25) is 0 Å². The number of aromatic nitrogens is 1. The molecule has 0 aliphatic carbocycles. The van der Waals surface area contributed by atoms with Crippen LogP contribution in [-0.4, -0.2) is 34.7 Å². The highest BCUT2D eigenvalue weighted by molar-refractivity contribution is 7.09. The molecule has 2 heterocycles. The van der Waals surface area contributed by atoms with Crippen molar-refractivity contribution in [3.05, 3.63) is 40.7 Å². The van der Waals surface area contributed by atoms with Crippen molar-refractivity contribution in [2.75, 3.05) is 19.7 Å². The molecule has 1 aliphatic heterocycles. The summed E-state index contributed by atoms with van der Waals surface area (Å²) in [5.74, 6) is 0. The van der Waals surface area contributed by atoms with Crippen LogP contribution in [0.1, 0.15) is 31.2 Å². The van der Waals surface area contributed by atoms with Crippen molar-refractivity contribution in [1.29, 1.82) is 0 Å². The van der Waals surface area contributed by atoms with Crippen LogP contribution in [0.4, 0.5) is 0 Å². The van der Waals surface area contributed by atoms with E-state index in [1.165, 1.54) is 17.0 Å². The third kappa shape index (κ3) is 3.40. The fourth-order valence-electron chi connectivity index (χ4n) is 3.29. The van der Waals surface area contributed by atoms with Gasteiger partial charge in [0.25, 0.3) is 0 Å². The second-order valence-corrected chi connectivity index (χ2v) is 7.26. The number of hydrogen-bond acceptors (Lipinski definition) is 4. The van der Waals surface area contributed by atoms with Crippen LogP contribution in [0.15, 0.2) is 35.7 Å². The molecule has 1 aromatic heterocycles. The number of rotatable bonds is 5. The van der Waals surface area contributed by atoms with Crippen LogP contribution in [0.3, 0.4) is 0 Å². The molecular weight excluding hydrogens is 292 g/mol. The number of aliphatic hydroxyl groups is 1. The van der Waals surface area contributed by atoms with Gasteiger partial charge < -0.3 is 5.11 Å². The summed E-state index contributed by atoms with van der Waals surface area (Å²) in [5, 5.41) is 13.1. The van der Waals surface area contributed by atoms with Gasteiger partial charge in [-0.15, -0.1) is 11.3 Å². The second kappa shape index (κ2) is 6.90. The van der Waals surface area contributed by atoms with Crippen LogP contribution in [0, 0.1) is 5.41 Å². The van der Waals surface area contributed by atoms with Gasteiger partial charge in [-0.3, -0.25) is 4.90 Å². The van der Waals surface area contributed by atoms with E-state index in [-0.39, 0.29) is 5.41 Å². The summed E-state index contributed by atoms with van der Waals surface area (Å²) < 4.78 is 0. The highest BCUT2D eigenvalue weighted by atomic mass is 32.1. The Morgan fingerprint density at radius 2 is 2.14 bits per heavy atom. The topological polar surface area (TPSA) is 36.4 Å². The lowest BCUT2D eigenvalue weighted by Crippen LogP contribution is -2.44. The third-order valence-corrected chi connectivity index (χ3v) is 5.64. The first kappa shape index (κ1) is 15.7. The lowest BCUT2D eigenvalue weighted by atomic mass is 9.78. The number of thiazole rings is 1. The minimum atomic E-state index is 0.0950. The average Bonchev–Trinajstić information content (AvgIpc) is 3.04. The summed E-state index contributed by atoms with van der Waals surface area (Å²) in [6.45, 7) is 5.49. The van der Waals surface area contributed by atoms with Crippen LogP contribution >= 0.6 is 11.3 Å². The van der Waals surface area contributed by atoms with Gasteiger partial charge in [0.15, 0.2) is 0 Å². The van der Waals surface area contributed by atoms with Gasteiger partial charge in [-0.2, -0.15) is 0 Å². The van der Waals surface area contributed by atoms with E-state index in [1.54, 1.807) is 11.3 Å². The van der Waals surface area contributed by atoms with Crippen molar-refractivity contribution in [2.45, 2.75) is 32.7 Å². The maximum atomic E-state index is 9.74. The summed E-state index contributed by atoms with van der Waals surface area (Å²) in [6.07, 6.45) is 3.36. The lowest BCUT2D eigenvalue weighted by Gasteiger charge is -2.41. The van der Waals surface area contributed by atoms with Crippen LogP contribution in [-0.2, 0) is 6.54 Å². The highest BCUT2D eigenvalue weighted by Gasteiger charge is 2.33. The number of benzene rings is 1. The van der Waals surface area contributed by atoms with E-state index in [9.17, 15) is 5.11 Å². The Morgan fingerprint density at radius 1 is 1.32 bits per heavy atom. The molecule has 1 aromatic carbocycles. The zero-order chi connectivity index (χ0) is 15.4. The molecule has 2 aromatic rings. The smallest absolute Gasteiger partial charge is 0.107 e. The number of aliphatic hydroxyl groups excluding tert-OH is 1. The Hall–Kier alpha value is -1.23. The van der Waals surface area contributed by atoms with Crippen molar-refractivity contribution in [1.82, 2.24) is 9.88 Å². The highest BCUT2D eigenvalue weighted by Crippen LogP contribution is 2.33. The SMILES string of the molecule is CC[C@@]1(CO)CCCN(Cc2nc(-c3ccccc3)cs2)C1. The fraction of sp³-hybridized carbons (Fsp3) is 0.500. The number of nitrogens with zero attached hydrogens (tertiary/aromatic N) is 2. The van der Waals surface area contributed by atoms with Gasteiger partial charge in [-0.05, 0) is 25.8 Å². The summed E-state index contributed by atoms with van der Waals surface area (Å²) in [6, 6.07) is 10.3. The van der Waals surface area contributed by atoms with Crippen LogP contribution in [0.25, 0.3) is 11.3 Å². The van der Waals surface area contributed by atoms with Gasteiger partial charge >= 0.3 is 0 Å². The lowest BCUT2D eigenvalue weighted by molar-refractivity contribution is 0.0258. The minimum absolute atomic E-state index is 0.0950. The van der Waals surface area contributed by atoms with Crippen LogP contribution < -0.4 is 0 Å². The quantitative estimate of drug-likeness (QED) is 0.911. The van der Waals surface area contributed by atoms with E-state index >= 15 is 0 Å². The predicted octanol–water partition coefficient (Wildman–Crippen LogP) is 3.79. The summed E-state index contributed by atoms with van der Waals surface area (Å²) >= 11 is 1.74.